The van der Waals surface area contributed by atoms with Gasteiger partial charge < -0.3 is 9.84 Å². The minimum Gasteiger partial charge on any atom is -0.491 e. The lowest BCUT2D eigenvalue weighted by atomic mass is 10.0. The van der Waals surface area contributed by atoms with E-state index in [1.165, 1.54) is 11.6 Å². The van der Waals surface area contributed by atoms with Crippen molar-refractivity contribution < 1.29 is 14.6 Å². The summed E-state index contributed by atoms with van der Waals surface area (Å²) in [5.41, 5.74) is 2.98. The highest BCUT2D eigenvalue weighted by molar-refractivity contribution is 5.94. The molecule has 1 atom stereocenters. The molecule has 0 radical (unpaired) electrons. The van der Waals surface area contributed by atoms with Crippen molar-refractivity contribution in [2.75, 3.05) is 6.61 Å². The van der Waals surface area contributed by atoms with Crippen LogP contribution in [0.25, 0.3) is 22.0 Å². The van der Waals surface area contributed by atoms with Crippen LogP contribution in [-0.4, -0.2) is 33.4 Å². The Kier molecular flexibility index (Phi) is 6.14. The van der Waals surface area contributed by atoms with Crippen molar-refractivity contribution in [1.29, 1.82) is 0 Å². The number of rotatable bonds is 7. The van der Waals surface area contributed by atoms with Crippen LogP contribution in [0.5, 0.6) is 5.75 Å². The molecule has 0 aliphatic heterocycles. The molecule has 0 saturated carbocycles. The number of benzene rings is 3. The standard InChI is InChI=1S/C26H24N2O4/c1-17-10-12-19(13-11-17)25-23-8-3-4-9-24(23)26(31)28(27-25)15-21(30)16-32-22-7-5-6-20(14-22)18(2)29/h3-14,21,30H,15-16H2,1-2H3/t21-/m0/s1. The van der Waals surface area contributed by atoms with Gasteiger partial charge in [-0.15, -0.1) is 0 Å². The topological polar surface area (TPSA) is 81.4 Å². The smallest absolute Gasteiger partial charge is 0.274 e. The maximum atomic E-state index is 13.0. The number of aromatic nitrogens is 2. The molecule has 0 spiro atoms. The lowest BCUT2D eigenvalue weighted by Gasteiger charge is -2.16. The number of nitrogens with zero attached hydrogens (tertiary/aromatic N) is 2. The first-order valence-corrected chi connectivity index (χ1v) is 10.4. The fourth-order valence-corrected chi connectivity index (χ4v) is 3.53. The quantitative estimate of drug-likeness (QED) is 0.450. The molecule has 0 aliphatic carbocycles. The van der Waals surface area contributed by atoms with Gasteiger partial charge in [-0.1, -0.05) is 60.2 Å². The number of fused-ring (bicyclic) bond motifs is 1. The summed E-state index contributed by atoms with van der Waals surface area (Å²) < 4.78 is 6.93. The third-order valence-corrected chi connectivity index (χ3v) is 5.26. The van der Waals surface area contributed by atoms with E-state index in [0.717, 1.165) is 16.5 Å². The molecule has 6 heteroatoms. The van der Waals surface area contributed by atoms with Gasteiger partial charge in [0, 0.05) is 16.5 Å². The van der Waals surface area contributed by atoms with Gasteiger partial charge in [-0.3, -0.25) is 9.59 Å². The summed E-state index contributed by atoms with van der Waals surface area (Å²) in [5.74, 6) is 0.419. The van der Waals surface area contributed by atoms with E-state index in [2.05, 4.69) is 5.10 Å². The Hall–Kier alpha value is -3.77. The van der Waals surface area contributed by atoms with E-state index in [0.29, 0.717) is 22.4 Å². The first-order valence-electron chi connectivity index (χ1n) is 10.4. The first-order chi connectivity index (χ1) is 15.4. The Bertz CT molecular complexity index is 1330. The van der Waals surface area contributed by atoms with Gasteiger partial charge in [0.25, 0.3) is 5.56 Å². The highest BCUT2D eigenvalue weighted by Gasteiger charge is 2.15. The van der Waals surface area contributed by atoms with Crippen LogP contribution < -0.4 is 10.3 Å². The summed E-state index contributed by atoms with van der Waals surface area (Å²) in [5, 5.41) is 16.4. The molecule has 4 rings (SSSR count). The van der Waals surface area contributed by atoms with Crippen LogP contribution in [0, 0.1) is 6.92 Å². The Morgan fingerprint density at radius 3 is 2.47 bits per heavy atom. The largest absolute Gasteiger partial charge is 0.491 e. The second-order valence-electron chi connectivity index (χ2n) is 7.80. The third kappa shape index (κ3) is 4.60. The number of ketones is 1. The summed E-state index contributed by atoms with van der Waals surface area (Å²) in [6, 6.07) is 22.1. The van der Waals surface area contributed by atoms with Crippen LogP contribution in [0.1, 0.15) is 22.8 Å². The van der Waals surface area contributed by atoms with E-state index in [9.17, 15) is 14.7 Å². The molecule has 3 aromatic carbocycles. The zero-order chi connectivity index (χ0) is 22.7. The van der Waals surface area contributed by atoms with Crippen LogP contribution in [-0.2, 0) is 6.54 Å². The summed E-state index contributed by atoms with van der Waals surface area (Å²) in [6.45, 7) is 3.44. The van der Waals surface area contributed by atoms with Crippen LogP contribution in [0.4, 0.5) is 0 Å². The molecule has 4 aromatic rings. The summed E-state index contributed by atoms with van der Waals surface area (Å²) in [6.07, 6.45) is -0.965. The number of aliphatic hydroxyl groups excluding tert-OH is 1. The second kappa shape index (κ2) is 9.16. The van der Waals surface area contributed by atoms with Crippen LogP contribution in [0.2, 0.25) is 0 Å². The number of hydrogen-bond donors (Lipinski definition) is 1. The zero-order valence-electron chi connectivity index (χ0n) is 18.0. The number of ether oxygens (including phenoxy) is 1. The molecule has 0 unspecified atom stereocenters. The van der Waals surface area contributed by atoms with E-state index >= 15 is 0 Å². The Balaban J connectivity index is 1.60. The van der Waals surface area contributed by atoms with Crippen molar-refractivity contribution in [3.8, 4) is 17.0 Å². The summed E-state index contributed by atoms with van der Waals surface area (Å²) >= 11 is 0. The van der Waals surface area contributed by atoms with Gasteiger partial charge in [0.1, 0.15) is 18.5 Å². The van der Waals surface area contributed by atoms with Gasteiger partial charge in [-0.25, -0.2) is 4.68 Å². The van der Waals surface area contributed by atoms with E-state index in [1.54, 1.807) is 30.3 Å². The molecule has 162 valence electrons. The van der Waals surface area contributed by atoms with Gasteiger partial charge in [0.15, 0.2) is 5.78 Å². The maximum absolute atomic E-state index is 13.0. The number of carbonyl (C=O) groups is 1. The highest BCUT2D eigenvalue weighted by atomic mass is 16.5. The molecule has 0 fully saturated rings. The van der Waals surface area contributed by atoms with Gasteiger partial charge >= 0.3 is 0 Å². The van der Waals surface area contributed by atoms with Crippen molar-refractivity contribution in [2.45, 2.75) is 26.5 Å². The molecule has 0 saturated heterocycles. The number of carbonyl (C=O) groups excluding carboxylic acids is 1. The van der Waals surface area contributed by atoms with Crippen molar-refractivity contribution in [3.05, 3.63) is 94.3 Å². The fraction of sp³-hybridized carbons (Fsp3) is 0.192. The van der Waals surface area contributed by atoms with E-state index in [4.69, 9.17) is 4.74 Å². The minimum absolute atomic E-state index is 0.0189. The predicted molar refractivity (Wildman–Crippen MR) is 124 cm³/mol. The molecular weight excluding hydrogens is 404 g/mol. The average Bonchev–Trinajstić information content (AvgIpc) is 2.80. The third-order valence-electron chi connectivity index (χ3n) is 5.26. The summed E-state index contributed by atoms with van der Waals surface area (Å²) in [7, 11) is 0. The lowest BCUT2D eigenvalue weighted by Crippen LogP contribution is -2.32. The number of hydrogen-bond acceptors (Lipinski definition) is 5. The van der Waals surface area contributed by atoms with Crippen molar-refractivity contribution >= 4 is 16.6 Å². The Morgan fingerprint density at radius 2 is 1.75 bits per heavy atom. The Morgan fingerprint density at radius 1 is 1.03 bits per heavy atom. The lowest BCUT2D eigenvalue weighted by molar-refractivity contribution is 0.0881. The van der Waals surface area contributed by atoms with Gasteiger partial charge in [0.05, 0.1) is 17.6 Å². The summed E-state index contributed by atoms with van der Waals surface area (Å²) in [4.78, 5) is 24.5. The average molecular weight is 428 g/mol. The molecule has 0 bridgehead atoms. The monoisotopic (exact) mass is 428 g/mol. The fourth-order valence-electron chi connectivity index (χ4n) is 3.53. The molecule has 0 aliphatic rings. The van der Waals surface area contributed by atoms with E-state index in [1.807, 2.05) is 49.4 Å². The van der Waals surface area contributed by atoms with Crippen LogP contribution in [0.15, 0.2) is 77.6 Å². The van der Waals surface area contributed by atoms with Gasteiger partial charge in [-0.05, 0) is 32.0 Å². The van der Waals surface area contributed by atoms with Crippen molar-refractivity contribution in [3.63, 3.8) is 0 Å². The van der Waals surface area contributed by atoms with Crippen LogP contribution in [0.3, 0.4) is 0 Å². The first kappa shape index (κ1) is 21.5. The maximum Gasteiger partial charge on any atom is 0.274 e. The minimum atomic E-state index is -0.965. The predicted octanol–water partition coefficient (Wildman–Crippen LogP) is 4.01. The van der Waals surface area contributed by atoms with Crippen molar-refractivity contribution in [2.24, 2.45) is 0 Å². The molecule has 1 aromatic heterocycles. The van der Waals surface area contributed by atoms with E-state index in [-0.39, 0.29) is 24.5 Å². The normalized spacial score (nSPS) is 12.0. The molecule has 6 nitrogen and oxygen atoms in total. The molecular formula is C26H24N2O4. The molecule has 1 heterocycles. The van der Waals surface area contributed by atoms with Gasteiger partial charge in [0.2, 0.25) is 0 Å². The number of Topliss-reactive ketones (excluding diaryl/α,β-unsaturated/α-hetero) is 1. The Labute approximate surface area is 185 Å². The number of aliphatic hydroxyl groups is 1. The molecule has 1 N–H and O–H groups in total. The zero-order valence-corrected chi connectivity index (χ0v) is 18.0. The highest BCUT2D eigenvalue weighted by Crippen LogP contribution is 2.25. The second-order valence-corrected chi connectivity index (χ2v) is 7.80. The molecule has 32 heavy (non-hydrogen) atoms. The van der Waals surface area contributed by atoms with Crippen molar-refractivity contribution in [1.82, 2.24) is 9.78 Å². The van der Waals surface area contributed by atoms with E-state index < -0.39 is 6.10 Å². The molecule has 0 amide bonds. The van der Waals surface area contributed by atoms with Gasteiger partial charge in [-0.2, -0.15) is 5.10 Å². The number of aryl methyl sites for hydroxylation is 1. The van der Waals surface area contributed by atoms with Crippen LogP contribution >= 0.6 is 0 Å². The SMILES string of the molecule is CC(=O)c1cccc(OC[C@@H](O)Cn2nc(-c3ccc(C)cc3)c3ccccc3c2=O)c1.